The van der Waals surface area contributed by atoms with Gasteiger partial charge >= 0.3 is 0 Å². The molecule has 0 heterocycles. The molecule has 0 radical (unpaired) electrons. The lowest BCUT2D eigenvalue weighted by Crippen LogP contribution is -2.38. The summed E-state index contributed by atoms with van der Waals surface area (Å²) in [6.07, 6.45) is 0. The fourth-order valence-corrected chi connectivity index (χ4v) is 3.34. The first kappa shape index (κ1) is 19.7. The molecule has 0 spiro atoms. The van der Waals surface area contributed by atoms with Crippen molar-refractivity contribution in [2.45, 2.75) is 17.9 Å². The van der Waals surface area contributed by atoms with Crippen molar-refractivity contribution in [3.8, 4) is 11.5 Å². The number of rotatable bonds is 8. The summed E-state index contributed by atoms with van der Waals surface area (Å²) in [6.45, 7) is 1.46. The van der Waals surface area contributed by atoms with E-state index in [1.807, 2.05) is 37.3 Å². The van der Waals surface area contributed by atoms with Crippen LogP contribution in [-0.2, 0) is 14.8 Å². The first-order valence-electron chi connectivity index (χ1n) is 7.93. The van der Waals surface area contributed by atoms with E-state index in [4.69, 9.17) is 9.47 Å². The molecule has 2 rings (SSSR count). The SMILES string of the molecule is COc1ccc(S(=O)(=O)NCC(=O)N[C@@H](C)c2ccccc2)cc1OC. The lowest BCUT2D eigenvalue weighted by atomic mass is 10.1. The van der Waals surface area contributed by atoms with E-state index in [0.717, 1.165) is 5.56 Å². The Labute approximate surface area is 153 Å². The smallest absolute Gasteiger partial charge is 0.241 e. The van der Waals surface area contributed by atoms with Crippen LogP contribution in [0.2, 0.25) is 0 Å². The van der Waals surface area contributed by atoms with Crippen LogP contribution in [0.25, 0.3) is 0 Å². The first-order chi connectivity index (χ1) is 12.4. The molecule has 0 saturated carbocycles. The standard InChI is InChI=1S/C18H22N2O5S/c1-13(14-7-5-4-6-8-14)20-18(21)12-19-26(22,23)15-9-10-16(24-2)17(11-15)25-3/h4-11,13,19H,12H2,1-3H3,(H,20,21)/t13-/m0/s1. The van der Waals surface area contributed by atoms with E-state index in [9.17, 15) is 13.2 Å². The van der Waals surface area contributed by atoms with Crippen molar-refractivity contribution in [2.75, 3.05) is 20.8 Å². The number of carbonyl (C=O) groups excluding carboxylic acids is 1. The molecule has 2 aromatic carbocycles. The van der Waals surface area contributed by atoms with Crippen LogP contribution in [0.4, 0.5) is 0 Å². The van der Waals surface area contributed by atoms with Gasteiger partial charge in [0.2, 0.25) is 15.9 Å². The van der Waals surface area contributed by atoms with Crippen LogP contribution >= 0.6 is 0 Å². The van der Waals surface area contributed by atoms with Crippen molar-refractivity contribution < 1.29 is 22.7 Å². The van der Waals surface area contributed by atoms with Gasteiger partial charge in [-0.1, -0.05) is 30.3 Å². The van der Waals surface area contributed by atoms with Crippen LogP contribution in [0.1, 0.15) is 18.5 Å². The molecular weight excluding hydrogens is 356 g/mol. The molecule has 0 unspecified atom stereocenters. The molecule has 7 nitrogen and oxygen atoms in total. The third-order valence-electron chi connectivity index (χ3n) is 3.77. The van der Waals surface area contributed by atoms with E-state index < -0.39 is 15.9 Å². The number of sulfonamides is 1. The van der Waals surface area contributed by atoms with Crippen LogP contribution in [0.5, 0.6) is 11.5 Å². The fraction of sp³-hybridized carbons (Fsp3) is 0.278. The number of amides is 1. The maximum atomic E-state index is 12.4. The third kappa shape index (κ3) is 4.96. The molecule has 26 heavy (non-hydrogen) atoms. The van der Waals surface area contributed by atoms with Gasteiger partial charge in [0.1, 0.15) is 0 Å². The molecule has 0 aliphatic rings. The fourth-order valence-electron chi connectivity index (χ4n) is 2.35. The average molecular weight is 378 g/mol. The highest BCUT2D eigenvalue weighted by Crippen LogP contribution is 2.29. The topological polar surface area (TPSA) is 93.7 Å². The Bertz CT molecular complexity index is 853. The Balaban J connectivity index is 2.00. The second-order valence-electron chi connectivity index (χ2n) is 5.54. The maximum Gasteiger partial charge on any atom is 0.241 e. The summed E-state index contributed by atoms with van der Waals surface area (Å²) >= 11 is 0. The molecule has 0 fully saturated rings. The Morgan fingerprint density at radius 2 is 1.69 bits per heavy atom. The number of nitrogens with one attached hydrogen (secondary N) is 2. The Hall–Kier alpha value is -2.58. The summed E-state index contributed by atoms with van der Waals surface area (Å²) in [5.74, 6) is 0.281. The van der Waals surface area contributed by atoms with Crippen molar-refractivity contribution in [2.24, 2.45) is 0 Å². The molecule has 1 amide bonds. The zero-order valence-electron chi connectivity index (χ0n) is 14.9. The van der Waals surface area contributed by atoms with E-state index in [0.29, 0.717) is 5.75 Å². The number of benzene rings is 2. The monoisotopic (exact) mass is 378 g/mol. The zero-order valence-corrected chi connectivity index (χ0v) is 15.7. The summed E-state index contributed by atoms with van der Waals surface area (Å²) < 4.78 is 37.2. The second-order valence-corrected chi connectivity index (χ2v) is 7.31. The summed E-state index contributed by atoms with van der Waals surface area (Å²) in [5, 5.41) is 2.75. The van der Waals surface area contributed by atoms with Crippen molar-refractivity contribution in [3.05, 3.63) is 54.1 Å². The van der Waals surface area contributed by atoms with Gasteiger partial charge in [0.05, 0.1) is 31.7 Å². The maximum absolute atomic E-state index is 12.4. The summed E-state index contributed by atoms with van der Waals surface area (Å²) in [6, 6.07) is 13.4. The van der Waals surface area contributed by atoms with Gasteiger partial charge in [-0.3, -0.25) is 4.79 Å². The van der Waals surface area contributed by atoms with Crippen LogP contribution in [0.3, 0.4) is 0 Å². The average Bonchev–Trinajstić information content (AvgIpc) is 2.66. The van der Waals surface area contributed by atoms with E-state index in [-0.39, 0.29) is 23.2 Å². The molecular formula is C18H22N2O5S. The number of ether oxygens (including phenoxy) is 2. The highest BCUT2D eigenvalue weighted by molar-refractivity contribution is 7.89. The van der Waals surface area contributed by atoms with E-state index >= 15 is 0 Å². The predicted molar refractivity (Wildman–Crippen MR) is 97.7 cm³/mol. The molecule has 0 aliphatic carbocycles. The van der Waals surface area contributed by atoms with Gasteiger partial charge in [0.15, 0.2) is 11.5 Å². The van der Waals surface area contributed by atoms with Gasteiger partial charge in [-0.15, -0.1) is 0 Å². The zero-order chi connectivity index (χ0) is 19.2. The van der Waals surface area contributed by atoms with E-state index in [2.05, 4.69) is 10.0 Å². The minimum atomic E-state index is -3.86. The number of carbonyl (C=O) groups is 1. The van der Waals surface area contributed by atoms with Gasteiger partial charge in [0.25, 0.3) is 0 Å². The number of methoxy groups -OCH3 is 2. The van der Waals surface area contributed by atoms with Crippen molar-refractivity contribution >= 4 is 15.9 Å². The lowest BCUT2D eigenvalue weighted by molar-refractivity contribution is -0.120. The molecule has 1 atom stereocenters. The molecule has 0 bridgehead atoms. The largest absolute Gasteiger partial charge is 0.493 e. The van der Waals surface area contributed by atoms with Crippen LogP contribution in [-0.4, -0.2) is 35.1 Å². The molecule has 0 saturated heterocycles. The first-order valence-corrected chi connectivity index (χ1v) is 9.41. The molecule has 140 valence electrons. The van der Waals surface area contributed by atoms with Crippen LogP contribution in [0.15, 0.2) is 53.4 Å². The molecule has 0 aromatic heterocycles. The molecule has 2 aromatic rings. The van der Waals surface area contributed by atoms with E-state index in [1.165, 1.54) is 32.4 Å². The van der Waals surface area contributed by atoms with Crippen LogP contribution in [0, 0.1) is 0 Å². The third-order valence-corrected chi connectivity index (χ3v) is 5.16. The van der Waals surface area contributed by atoms with Gasteiger partial charge < -0.3 is 14.8 Å². The molecule has 0 aliphatic heterocycles. The predicted octanol–water partition coefficient (Wildman–Crippen LogP) is 1.86. The molecule has 8 heteroatoms. The highest BCUT2D eigenvalue weighted by atomic mass is 32.2. The van der Waals surface area contributed by atoms with Crippen molar-refractivity contribution in [1.82, 2.24) is 10.0 Å². The minimum absolute atomic E-state index is 0.0148. The van der Waals surface area contributed by atoms with Gasteiger partial charge in [-0.2, -0.15) is 0 Å². The molecule has 2 N–H and O–H groups in total. The normalized spacial score (nSPS) is 12.3. The second kappa shape index (κ2) is 8.68. The Kier molecular flexibility index (Phi) is 6.59. The number of hydrogen-bond acceptors (Lipinski definition) is 5. The summed E-state index contributed by atoms with van der Waals surface area (Å²) in [4.78, 5) is 12.0. The van der Waals surface area contributed by atoms with Crippen LogP contribution < -0.4 is 19.5 Å². The minimum Gasteiger partial charge on any atom is -0.493 e. The van der Waals surface area contributed by atoms with E-state index in [1.54, 1.807) is 0 Å². The highest BCUT2D eigenvalue weighted by Gasteiger charge is 2.19. The lowest BCUT2D eigenvalue weighted by Gasteiger charge is -2.15. The van der Waals surface area contributed by atoms with Gasteiger partial charge in [-0.25, -0.2) is 13.1 Å². The number of hydrogen-bond donors (Lipinski definition) is 2. The van der Waals surface area contributed by atoms with Gasteiger partial charge in [0, 0.05) is 6.07 Å². The Morgan fingerprint density at radius 3 is 2.31 bits per heavy atom. The quantitative estimate of drug-likeness (QED) is 0.731. The van der Waals surface area contributed by atoms with Gasteiger partial charge in [-0.05, 0) is 24.6 Å². The summed E-state index contributed by atoms with van der Waals surface area (Å²) in [5.41, 5.74) is 0.934. The summed E-state index contributed by atoms with van der Waals surface area (Å²) in [7, 11) is -0.982. The van der Waals surface area contributed by atoms with Crippen molar-refractivity contribution in [3.63, 3.8) is 0 Å². The Morgan fingerprint density at radius 1 is 1.04 bits per heavy atom. The van der Waals surface area contributed by atoms with Crippen molar-refractivity contribution in [1.29, 1.82) is 0 Å².